The zero-order valence-electron chi connectivity index (χ0n) is 12.7. The molecule has 2 rings (SSSR count). The first-order chi connectivity index (χ1) is 7.98. The molecular formula is C16H22Cl2HfSi. The normalized spacial score (nSPS) is 17.0. The summed E-state index contributed by atoms with van der Waals surface area (Å²) < 4.78 is 0. The summed E-state index contributed by atoms with van der Waals surface area (Å²) in [4.78, 5) is 0. The van der Waals surface area contributed by atoms with Crippen molar-refractivity contribution in [2.45, 2.75) is 51.9 Å². The Morgan fingerprint density at radius 3 is 1.50 bits per heavy atom. The zero-order chi connectivity index (χ0) is 12.5. The molecule has 0 spiro atoms. The van der Waals surface area contributed by atoms with Crippen LogP contribution in [0.3, 0.4) is 0 Å². The maximum absolute atomic E-state index is 3.51. The Balaban J connectivity index is 0. The molecule has 0 saturated carbocycles. The summed E-state index contributed by atoms with van der Waals surface area (Å²) in [6.45, 7) is 9.44. The molecule has 0 fully saturated rings. The molecule has 0 unspecified atom stereocenters. The van der Waals surface area contributed by atoms with Crippen molar-refractivity contribution >= 4 is 8.07 Å². The van der Waals surface area contributed by atoms with E-state index in [1.807, 2.05) is 0 Å². The van der Waals surface area contributed by atoms with Gasteiger partial charge in [-0.25, -0.2) is 22.3 Å². The first kappa shape index (κ1) is 22.9. The Morgan fingerprint density at radius 1 is 0.900 bits per heavy atom. The first-order valence-electron chi connectivity index (χ1n) is 6.52. The molecule has 0 radical (unpaired) electrons. The average molecular weight is 492 g/mol. The van der Waals surface area contributed by atoms with Crippen LogP contribution in [0, 0.1) is 12.2 Å². The van der Waals surface area contributed by atoms with Gasteiger partial charge in [0.15, 0.2) is 0 Å². The second kappa shape index (κ2) is 9.60. The summed E-state index contributed by atoms with van der Waals surface area (Å²) in [6, 6.07) is 2.54. The van der Waals surface area contributed by atoms with Crippen LogP contribution >= 0.6 is 0 Å². The van der Waals surface area contributed by atoms with E-state index in [1.54, 1.807) is 0 Å². The third-order valence-corrected chi connectivity index (χ3v) is 6.33. The molecule has 0 amide bonds. The second-order valence-corrected chi connectivity index (χ2v) is 11.0. The molecule has 0 atom stereocenters. The summed E-state index contributed by atoms with van der Waals surface area (Å²) in [5.74, 6) is 0. The predicted molar refractivity (Wildman–Crippen MR) is 77.4 cm³/mol. The minimum Gasteiger partial charge on any atom is -1.00 e. The van der Waals surface area contributed by atoms with Crippen molar-refractivity contribution in [1.29, 1.82) is 0 Å². The van der Waals surface area contributed by atoms with Crippen molar-refractivity contribution in [2.75, 3.05) is 0 Å². The minimum absolute atomic E-state index is 0. The Bertz CT molecular complexity index is 405. The number of allylic oxidation sites excluding steroid dienone is 8. The van der Waals surface area contributed by atoms with Crippen LogP contribution in [0.4, 0.5) is 0 Å². The van der Waals surface area contributed by atoms with Crippen molar-refractivity contribution in [3.8, 4) is 0 Å². The third kappa shape index (κ3) is 6.17. The molecule has 0 bridgehead atoms. The van der Waals surface area contributed by atoms with Crippen LogP contribution in [-0.4, -0.2) is 8.07 Å². The van der Waals surface area contributed by atoms with Crippen molar-refractivity contribution in [3.63, 3.8) is 0 Å². The Kier molecular flexibility index (Phi) is 11.0. The van der Waals surface area contributed by atoms with E-state index in [4.69, 9.17) is 0 Å². The van der Waals surface area contributed by atoms with Crippen LogP contribution in [0.1, 0.15) is 26.7 Å². The van der Waals surface area contributed by atoms with Crippen LogP contribution in [-0.2, 0) is 25.8 Å². The summed E-state index contributed by atoms with van der Waals surface area (Å²) in [6.07, 6.45) is 13.7. The summed E-state index contributed by atoms with van der Waals surface area (Å²) >= 11 is 0. The molecule has 2 aliphatic rings. The topological polar surface area (TPSA) is 0 Å². The van der Waals surface area contributed by atoms with Crippen molar-refractivity contribution in [2.24, 2.45) is 0 Å². The number of rotatable bonds is 4. The molecule has 0 aromatic carbocycles. The van der Waals surface area contributed by atoms with Gasteiger partial charge < -0.3 is 24.8 Å². The van der Waals surface area contributed by atoms with Gasteiger partial charge in [0.25, 0.3) is 0 Å². The SMILES string of the molecule is CC1=CC[C-]=C1C[Si](C)(C)CC1=[C-]CC=C1C.[Cl-].[Cl-].[Hf+4]. The fourth-order valence-corrected chi connectivity index (χ4v) is 5.45. The molecule has 0 N–H and O–H groups in total. The summed E-state index contributed by atoms with van der Waals surface area (Å²) in [5, 5.41) is 0. The van der Waals surface area contributed by atoms with Gasteiger partial charge in [0.1, 0.15) is 0 Å². The molecule has 0 saturated heterocycles. The van der Waals surface area contributed by atoms with Gasteiger partial charge >= 0.3 is 25.8 Å². The Labute approximate surface area is 156 Å². The predicted octanol–water partition coefficient (Wildman–Crippen LogP) is -1.14. The average Bonchev–Trinajstić information content (AvgIpc) is 2.78. The molecule has 0 aromatic heterocycles. The number of halogens is 2. The molecule has 20 heavy (non-hydrogen) atoms. The molecule has 4 heteroatoms. The van der Waals surface area contributed by atoms with Gasteiger partial charge in [-0.1, -0.05) is 25.2 Å². The standard InChI is InChI=1S/C16H22Si.2ClH.Hf/c1-13-7-5-9-15(13)11-17(3,4)12-16-10-6-8-14(16)2;;;/h7-8H,5-6,11-12H2,1-4H3;2*1H;/q-2;;;+4/p-2. The van der Waals surface area contributed by atoms with Crippen LogP contribution in [0.2, 0.25) is 25.2 Å². The fraction of sp³-hybridized carbons (Fsp3) is 0.500. The maximum Gasteiger partial charge on any atom is 4.00 e. The monoisotopic (exact) mass is 492 g/mol. The minimum atomic E-state index is -1.20. The molecule has 0 nitrogen and oxygen atoms in total. The molecule has 0 aliphatic heterocycles. The zero-order valence-corrected chi connectivity index (χ0v) is 18.8. The molecule has 0 aromatic rings. The number of hydrogen-bond donors (Lipinski definition) is 0. The van der Waals surface area contributed by atoms with Crippen LogP contribution in [0.5, 0.6) is 0 Å². The van der Waals surface area contributed by atoms with Gasteiger partial charge in [-0.3, -0.25) is 12.2 Å². The number of hydrogen-bond acceptors (Lipinski definition) is 0. The van der Waals surface area contributed by atoms with Gasteiger partial charge in [-0.2, -0.15) is 12.2 Å². The van der Waals surface area contributed by atoms with E-state index in [1.165, 1.54) is 34.4 Å². The van der Waals surface area contributed by atoms with Gasteiger partial charge in [0.2, 0.25) is 0 Å². The van der Waals surface area contributed by atoms with E-state index >= 15 is 0 Å². The second-order valence-electron chi connectivity index (χ2n) is 6.01. The van der Waals surface area contributed by atoms with Gasteiger partial charge in [0, 0.05) is 0 Å². The van der Waals surface area contributed by atoms with E-state index in [0.717, 1.165) is 12.8 Å². The van der Waals surface area contributed by atoms with E-state index in [0.29, 0.717) is 0 Å². The van der Waals surface area contributed by atoms with Crippen LogP contribution in [0.25, 0.3) is 0 Å². The molecule has 2 aliphatic carbocycles. The quantitative estimate of drug-likeness (QED) is 0.345. The Hall–Kier alpha value is 0.627. The van der Waals surface area contributed by atoms with E-state index < -0.39 is 8.07 Å². The van der Waals surface area contributed by atoms with Crippen molar-refractivity contribution in [1.82, 2.24) is 0 Å². The van der Waals surface area contributed by atoms with Crippen LogP contribution < -0.4 is 24.8 Å². The summed E-state index contributed by atoms with van der Waals surface area (Å²) in [5.41, 5.74) is 5.90. The third-order valence-electron chi connectivity index (χ3n) is 3.71. The fourth-order valence-electron chi connectivity index (χ4n) is 2.60. The largest absolute Gasteiger partial charge is 4.00 e. The van der Waals surface area contributed by atoms with E-state index in [2.05, 4.69) is 51.2 Å². The van der Waals surface area contributed by atoms with Gasteiger partial charge in [-0.15, -0.1) is 26.7 Å². The molecule has 108 valence electrons. The molecular weight excluding hydrogens is 470 g/mol. The Morgan fingerprint density at radius 2 is 1.25 bits per heavy atom. The smallest absolute Gasteiger partial charge is 1.00 e. The first-order valence-corrected chi connectivity index (χ1v) is 9.93. The van der Waals surface area contributed by atoms with Crippen LogP contribution in [0.15, 0.2) is 34.4 Å². The van der Waals surface area contributed by atoms with E-state index in [9.17, 15) is 0 Å². The van der Waals surface area contributed by atoms with Crippen molar-refractivity contribution < 1.29 is 50.7 Å². The maximum atomic E-state index is 3.51. The van der Waals surface area contributed by atoms with Crippen molar-refractivity contribution in [3.05, 3.63) is 46.6 Å². The van der Waals surface area contributed by atoms with Gasteiger partial charge in [-0.05, 0) is 0 Å². The van der Waals surface area contributed by atoms with E-state index in [-0.39, 0.29) is 50.7 Å². The molecule has 0 heterocycles. The summed E-state index contributed by atoms with van der Waals surface area (Å²) in [7, 11) is -1.20. The van der Waals surface area contributed by atoms with Gasteiger partial charge in [0.05, 0.1) is 8.07 Å².